The van der Waals surface area contributed by atoms with Gasteiger partial charge in [0.1, 0.15) is 6.33 Å². The molecule has 6 nitrogen and oxygen atoms in total. The molecule has 25 heavy (non-hydrogen) atoms. The Balaban J connectivity index is 1.79. The molecule has 2 aromatic rings. The van der Waals surface area contributed by atoms with Gasteiger partial charge in [-0.05, 0) is 62.7 Å². The van der Waals surface area contributed by atoms with Crippen LogP contribution < -0.4 is 9.47 Å². The summed E-state index contributed by atoms with van der Waals surface area (Å²) in [6.45, 7) is 10.7. The Bertz CT molecular complexity index is 784. The molecule has 7 heteroatoms. The van der Waals surface area contributed by atoms with Crippen molar-refractivity contribution in [1.29, 1.82) is 0 Å². The Morgan fingerprint density at radius 2 is 1.76 bits per heavy atom. The van der Waals surface area contributed by atoms with Crippen LogP contribution in [0.3, 0.4) is 0 Å². The molecule has 136 valence electrons. The number of benzene rings is 1. The number of fused-ring (bicyclic) bond motifs is 1. The van der Waals surface area contributed by atoms with E-state index in [-0.39, 0.29) is 0 Å². The maximum absolute atomic E-state index is 5.77. The molecule has 0 saturated heterocycles. The summed E-state index contributed by atoms with van der Waals surface area (Å²) in [5, 5.41) is 4.41. The highest BCUT2D eigenvalue weighted by Crippen LogP contribution is 2.34. The van der Waals surface area contributed by atoms with Crippen LogP contribution in [-0.2, 0) is 26.2 Å². The SMILES string of the molecule is CCOc1cc2c(cc1OCC)CN(Cn1ncn(CC)c1=S)CC2. The lowest BCUT2D eigenvalue weighted by Crippen LogP contribution is -2.33. The molecule has 0 saturated carbocycles. The van der Waals surface area contributed by atoms with Crippen molar-refractivity contribution in [3.05, 3.63) is 34.4 Å². The van der Waals surface area contributed by atoms with Crippen molar-refractivity contribution in [3.63, 3.8) is 0 Å². The Kier molecular flexibility index (Phi) is 5.75. The molecule has 0 aliphatic carbocycles. The molecule has 0 atom stereocenters. The van der Waals surface area contributed by atoms with Crippen molar-refractivity contribution < 1.29 is 9.47 Å². The average molecular weight is 362 g/mol. The molecule has 3 rings (SSSR count). The zero-order chi connectivity index (χ0) is 17.8. The molecule has 1 aromatic heterocycles. The normalized spacial score (nSPS) is 14.4. The van der Waals surface area contributed by atoms with Crippen LogP contribution in [0.2, 0.25) is 0 Å². The molecule has 0 spiro atoms. The van der Waals surface area contributed by atoms with Crippen molar-refractivity contribution >= 4 is 12.2 Å². The van der Waals surface area contributed by atoms with E-state index in [0.29, 0.717) is 19.9 Å². The van der Waals surface area contributed by atoms with Gasteiger partial charge in [0.25, 0.3) is 0 Å². The van der Waals surface area contributed by atoms with Crippen LogP contribution >= 0.6 is 12.2 Å². The minimum Gasteiger partial charge on any atom is -0.490 e. The summed E-state index contributed by atoms with van der Waals surface area (Å²) >= 11 is 5.47. The molecule has 1 aromatic carbocycles. The maximum Gasteiger partial charge on any atom is 0.198 e. The van der Waals surface area contributed by atoms with Gasteiger partial charge in [0, 0.05) is 19.6 Å². The van der Waals surface area contributed by atoms with Crippen molar-refractivity contribution in [2.45, 2.75) is 47.0 Å². The molecule has 0 N–H and O–H groups in total. The summed E-state index contributed by atoms with van der Waals surface area (Å²) in [6.07, 6.45) is 2.80. The van der Waals surface area contributed by atoms with Crippen molar-refractivity contribution in [2.75, 3.05) is 19.8 Å². The van der Waals surface area contributed by atoms with Crippen LogP contribution in [0.15, 0.2) is 18.5 Å². The third-order valence-corrected chi connectivity index (χ3v) is 4.87. The van der Waals surface area contributed by atoms with Crippen molar-refractivity contribution in [3.8, 4) is 11.5 Å². The smallest absolute Gasteiger partial charge is 0.198 e. The largest absolute Gasteiger partial charge is 0.490 e. The molecule has 0 unspecified atom stereocenters. The van der Waals surface area contributed by atoms with Crippen LogP contribution in [0.1, 0.15) is 31.9 Å². The minimum absolute atomic E-state index is 0.631. The van der Waals surface area contributed by atoms with Gasteiger partial charge in [-0.2, -0.15) is 5.10 Å². The first-order chi connectivity index (χ1) is 12.2. The average Bonchev–Trinajstić information content (AvgIpc) is 2.96. The summed E-state index contributed by atoms with van der Waals surface area (Å²) in [5.74, 6) is 1.68. The molecule has 0 radical (unpaired) electrons. The lowest BCUT2D eigenvalue weighted by Gasteiger charge is -2.29. The Morgan fingerprint density at radius 3 is 2.36 bits per heavy atom. The number of hydrogen-bond acceptors (Lipinski definition) is 5. The van der Waals surface area contributed by atoms with Crippen molar-refractivity contribution in [1.82, 2.24) is 19.2 Å². The molecule has 2 heterocycles. The molecular formula is C18H26N4O2S. The topological polar surface area (TPSA) is 44.5 Å². The number of nitrogens with zero attached hydrogens (tertiary/aromatic N) is 4. The van der Waals surface area contributed by atoms with Crippen LogP contribution in [0.4, 0.5) is 0 Å². The third kappa shape index (κ3) is 3.88. The first-order valence-corrected chi connectivity index (χ1v) is 9.33. The lowest BCUT2D eigenvalue weighted by molar-refractivity contribution is 0.187. The Hall–Kier alpha value is -1.86. The zero-order valence-electron chi connectivity index (χ0n) is 15.2. The molecule has 0 bridgehead atoms. The predicted molar refractivity (Wildman–Crippen MR) is 99.6 cm³/mol. The van der Waals surface area contributed by atoms with E-state index in [1.54, 1.807) is 0 Å². The van der Waals surface area contributed by atoms with Gasteiger partial charge in [0.15, 0.2) is 16.3 Å². The summed E-state index contributed by atoms with van der Waals surface area (Å²) in [6, 6.07) is 4.26. The maximum atomic E-state index is 5.77. The second-order valence-electron chi connectivity index (χ2n) is 6.08. The standard InChI is InChI=1S/C18H26N4O2S/c1-4-21-12-19-22(18(21)25)13-20-8-7-14-9-16(23-5-2)17(24-6-3)10-15(14)11-20/h9-10,12H,4-8,11,13H2,1-3H3. The highest BCUT2D eigenvalue weighted by molar-refractivity contribution is 7.71. The van der Waals surface area contributed by atoms with Gasteiger partial charge >= 0.3 is 0 Å². The lowest BCUT2D eigenvalue weighted by atomic mass is 9.99. The van der Waals surface area contributed by atoms with Gasteiger partial charge in [-0.1, -0.05) is 0 Å². The molecule has 0 fully saturated rings. The van der Waals surface area contributed by atoms with E-state index in [0.717, 1.165) is 42.3 Å². The highest BCUT2D eigenvalue weighted by Gasteiger charge is 2.20. The fraction of sp³-hybridized carbons (Fsp3) is 0.556. The fourth-order valence-corrected chi connectivity index (χ4v) is 3.44. The monoisotopic (exact) mass is 362 g/mol. The summed E-state index contributed by atoms with van der Waals surface area (Å²) < 4.78 is 16.1. The number of hydrogen-bond donors (Lipinski definition) is 0. The van der Waals surface area contributed by atoms with Gasteiger partial charge < -0.3 is 14.0 Å². The van der Waals surface area contributed by atoms with Crippen LogP contribution in [-0.4, -0.2) is 39.0 Å². The summed E-state index contributed by atoms with van der Waals surface area (Å²) in [7, 11) is 0. The fourth-order valence-electron chi connectivity index (χ4n) is 3.15. The number of aromatic nitrogens is 3. The Morgan fingerprint density at radius 1 is 1.08 bits per heavy atom. The van der Waals surface area contributed by atoms with Crippen LogP contribution in [0.5, 0.6) is 11.5 Å². The highest BCUT2D eigenvalue weighted by atomic mass is 32.1. The molecule has 0 amide bonds. The second kappa shape index (κ2) is 8.01. The molecule has 1 aliphatic rings. The minimum atomic E-state index is 0.631. The molecular weight excluding hydrogens is 336 g/mol. The Labute approximate surface area is 154 Å². The first kappa shape index (κ1) is 17.9. The number of rotatable bonds is 7. The number of ether oxygens (including phenoxy) is 2. The summed E-state index contributed by atoms with van der Waals surface area (Å²) in [4.78, 5) is 2.36. The molecule has 1 aliphatic heterocycles. The van der Waals surface area contributed by atoms with Gasteiger partial charge in [-0.3, -0.25) is 4.90 Å². The second-order valence-corrected chi connectivity index (χ2v) is 6.44. The van der Waals surface area contributed by atoms with E-state index in [2.05, 4.69) is 29.1 Å². The summed E-state index contributed by atoms with van der Waals surface area (Å²) in [5.41, 5.74) is 2.63. The van der Waals surface area contributed by atoms with Crippen LogP contribution in [0, 0.1) is 4.77 Å². The van der Waals surface area contributed by atoms with E-state index < -0.39 is 0 Å². The van der Waals surface area contributed by atoms with Crippen LogP contribution in [0.25, 0.3) is 0 Å². The van der Waals surface area contributed by atoms with E-state index in [9.17, 15) is 0 Å². The predicted octanol–water partition coefficient (Wildman–Crippen LogP) is 3.25. The van der Waals surface area contributed by atoms with E-state index >= 15 is 0 Å². The quantitative estimate of drug-likeness (QED) is 0.708. The zero-order valence-corrected chi connectivity index (χ0v) is 16.0. The number of aryl methyl sites for hydroxylation is 1. The van der Waals surface area contributed by atoms with Gasteiger partial charge in [0.2, 0.25) is 0 Å². The van der Waals surface area contributed by atoms with E-state index in [1.807, 2.05) is 29.4 Å². The van der Waals surface area contributed by atoms with Gasteiger partial charge in [-0.15, -0.1) is 0 Å². The van der Waals surface area contributed by atoms with Crippen molar-refractivity contribution in [2.24, 2.45) is 0 Å². The van der Waals surface area contributed by atoms with E-state index in [1.165, 1.54) is 11.1 Å². The van der Waals surface area contributed by atoms with Gasteiger partial charge in [0.05, 0.1) is 19.9 Å². The van der Waals surface area contributed by atoms with Gasteiger partial charge in [-0.25, -0.2) is 4.68 Å². The first-order valence-electron chi connectivity index (χ1n) is 8.92. The third-order valence-electron chi connectivity index (χ3n) is 4.43. The van der Waals surface area contributed by atoms with E-state index in [4.69, 9.17) is 21.7 Å².